The van der Waals surface area contributed by atoms with E-state index in [9.17, 15) is 14.4 Å². The Morgan fingerprint density at radius 1 is 0.885 bits per heavy atom. The zero-order valence-corrected chi connectivity index (χ0v) is 14.5. The number of carbonyl (C=O) groups is 3. The van der Waals surface area contributed by atoms with E-state index in [1.165, 1.54) is 6.07 Å². The molecule has 0 saturated carbocycles. The number of nitrogens with one attached hydrogen (secondary N) is 3. The highest BCUT2D eigenvalue weighted by Gasteiger charge is 2.06. The van der Waals surface area contributed by atoms with Crippen LogP contribution in [-0.2, 0) is 9.59 Å². The van der Waals surface area contributed by atoms with E-state index in [2.05, 4.69) is 16.0 Å². The van der Waals surface area contributed by atoms with Crippen LogP contribution >= 0.6 is 0 Å². The molecule has 2 aromatic carbocycles. The summed E-state index contributed by atoms with van der Waals surface area (Å²) in [7, 11) is 0. The van der Waals surface area contributed by atoms with E-state index in [-0.39, 0.29) is 18.4 Å². The third-order valence-corrected chi connectivity index (χ3v) is 3.51. The highest BCUT2D eigenvalue weighted by atomic mass is 16.2. The second-order valence-electron chi connectivity index (χ2n) is 5.73. The van der Waals surface area contributed by atoms with Gasteiger partial charge in [0.15, 0.2) is 0 Å². The van der Waals surface area contributed by atoms with Gasteiger partial charge < -0.3 is 21.7 Å². The lowest BCUT2D eigenvalue weighted by Gasteiger charge is -2.10. The summed E-state index contributed by atoms with van der Waals surface area (Å²) in [6.07, 6.45) is 1.24. The molecular weight excluding hydrogens is 332 g/mol. The summed E-state index contributed by atoms with van der Waals surface area (Å²) in [4.78, 5) is 34.9. The SMILES string of the molecule is CCCC(=O)Nc1cccc(NCC(=O)Nc2cccc(C(N)=O)c2)c1. The van der Waals surface area contributed by atoms with E-state index in [0.29, 0.717) is 29.0 Å². The van der Waals surface area contributed by atoms with Crippen LogP contribution < -0.4 is 21.7 Å². The minimum absolute atomic E-state index is 0.0349. The Kier molecular flexibility index (Phi) is 6.73. The number of rotatable bonds is 8. The van der Waals surface area contributed by atoms with E-state index in [1.807, 2.05) is 6.92 Å². The Balaban J connectivity index is 1.90. The molecular formula is C19H22N4O3. The van der Waals surface area contributed by atoms with E-state index in [1.54, 1.807) is 42.5 Å². The van der Waals surface area contributed by atoms with Crippen LogP contribution in [0.15, 0.2) is 48.5 Å². The summed E-state index contributed by atoms with van der Waals surface area (Å²) >= 11 is 0. The van der Waals surface area contributed by atoms with Crippen molar-refractivity contribution in [1.82, 2.24) is 0 Å². The Morgan fingerprint density at radius 2 is 1.50 bits per heavy atom. The molecule has 7 heteroatoms. The van der Waals surface area contributed by atoms with Crippen LogP contribution in [0.25, 0.3) is 0 Å². The fourth-order valence-corrected chi connectivity index (χ4v) is 2.30. The first-order valence-electron chi connectivity index (χ1n) is 8.31. The van der Waals surface area contributed by atoms with Gasteiger partial charge in [-0.05, 0) is 42.8 Å². The Bertz CT molecular complexity index is 805. The number of nitrogens with two attached hydrogens (primary N) is 1. The predicted octanol–water partition coefficient (Wildman–Crippen LogP) is 2.57. The number of anilines is 3. The first kappa shape index (κ1) is 19.0. The zero-order chi connectivity index (χ0) is 18.9. The van der Waals surface area contributed by atoms with Crippen LogP contribution in [0.4, 0.5) is 17.1 Å². The molecule has 2 aromatic rings. The van der Waals surface area contributed by atoms with Crippen LogP contribution in [-0.4, -0.2) is 24.3 Å². The van der Waals surface area contributed by atoms with Crippen molar-refractivity contribution in [3.05, 3.63) is 54.1 Å². The van der Waals surface area contributed by atoms with Crippen LogP contribution in [0.3, 0.4) is 0 Å². The lowest BCUT2D eigenvalue weighted by atomic mass is 10.2. The molecule has 0 spiro atoms. The number of carbonyl (C=O) groups excluding carboxylic acids is 3. The first-order chi connectivity index (χ1) is 12.5. The third-order valence-electron chi connectivity index (χ3n) is 3.51. The van der Waals surface area contributed by atoms with Crippen molar-refractivity contribution in [3.8, 4) is 0 Å². The average Bonchev–Trinajstić information content (AvgIpc) is 2.61. The van der Waals surface area contributed by atoms with Crippen molar-refractivity contribution in [2.45, 2.75) is 19.8 Å². The molecule has 0 saturated heterocycles. The predicted molar refractivity (Wildman–Crippen MR) is 102 cm³/mol. The van der Waals surface area contributed by atoms with Gasteiger partial charge in [-0.2, -0.15) is 0 Å². The smallest absolute Gasteiger partial charge is 0.248 e. The van der Waals surface area contributed by atoms with Crippen LogP contribution in [0.5, 0.6) is 0 Å². The average molecular weight is 354 g/mol. The van der Waals surface area contributed by atoms with Crippen LogP contribution in [0.2, 0.25) is 0 Å². The van der Waals surface area contributed by atoms with E-state index in [0.717, 1.165) is 6.42 Å². The maximum absolute atomic E-state index is 12.1. The van der Waals surface area contributed by atoms with E-state index >= 15 is 0 Å². The molecule has 5 N–H and O–H groups in total. The monoisotopic (exact) mass is 354 g/mol. The number of hydrogen-bond donors (Lipinski definition) is 4. The molecule has 0 atom stereocenters. The molecule has 2 rings (SSSR count). The molecule has 7 nitrogen and oxygen atoms in total. The van der Waals surface area contributed by atoms with Gasteiger partial charge in [0, 0.05) is 29.0 Å². The Morgan fingerprint density at radius 3 is 2.19 bits per heavy atom. The van der Waals surface area contributed by atoms with Gasteiger partial charge >= 0.3 is 0 Å². The maximum Gasteiger partial charge on any atom is 0.248 e. The second-order valence-corrected chi connectivity index (χ2v) is 5.73. The van der Waals surface area contributed by atoms with Crippen LogP contribution in [0, 0.1) is 0 Å². The minimum Gasteiger partial charge on any atom is -0.376 e. The van der Waals surface area contributed by atoms with Gasteiger partial charge in [-0.1, -0.05) is 19.1 Å². The lowest BCUT2D eigenvalue weighted by Crippen LogP contribution is -2.22. The van der Waals surface area contributed by atoms with E-state index < -0.39 is 5.91 Å². The summed E-state index contributed by atoms with van der Waals surface area (Å²) < 4.78 is 0. The van der Waals surface area contributed by atoms with Crippen molar-refractivity contribution in [2.75, 3.05) is 22.5 Å². The third kappa shape index (κ3) is 5.94. The summed E-state index contributed by atoms with van der Waals surface area (Å²) in [6.45, 7) is 1.97. The molecule has 0 heterocycles. The lowest BCUT2D eigenvalue weighted by molar-refractivity contribution is -0.116. The molecule has 0 aliphatic heterocycles. The number of primary amides is 1. The van der Waals surface area contributed by atoms with Gasteiger partial charge in [-0.15, -0.1) is 0 Å². The Labute approximate surface area is 152 Å². The Hall–Kier alpha value is -3.35. The molecule has 136 valence electrons. The normalized spacial score (nSPS) is 10.0. The summed E-state index contributed by atoms with van der Waals surface area (Å²) in [6, 6.07) is 13.6. The van der Waals surface area contributed by atoms with Gasteiger partial charge in [0.2, 0.25) is 17.7 Å². The fourth-order valence-electron chi connectivity index (χ4n) is 2.30. The van der Waals surface area contributed by atoms with Crippen molar-refractivity contribution < 1.29 is 14.4 Å². The fraction of sp³-hybridized carbons (Fsp3) is 0.211. The molecule has 0 aliphatic carbocycles. The van der Waals surface area contributed by atoms with Crippen molar-refractivity contribution in [2.24, 2.45) is 5.73 Å². The molecule has 26 heavy (non-hydrogen) atoms. The zero-order valence-electron chi connectivity index (χ0n) is 14.5. The number of hydrogen-bond acceptors (Lipinski definition) is 4. The maximum atomic E-state index is 12.1. The summed E-state index contributed by atoms with van der Waals surface area (Å²) in [5.74, 6) is -0.870. The quantitative estimate of drug-likeness (QED) is 0.583. The summed E-state index contributed by atoms with van der Waals surface area (Å²) in [5, 5.41) is 8.49. The van der Waals surface area contributed by atoms with Crippen molar-refractivity contribution in [1.29, 1.82) is 0 Å². The molecule has 0 aliphatic rings. The molecule has 0 radical (unpaired) electrons. The standard InChI is InChI=1S/C19H22N4O3/c1-2-5-17(24)22-16-9-4-7-14(11-16)21-12-18(25)23-15-8-3-6-13(10-15)19(20)26/h3-4,6-11,21H,2,5,12H2,1H3,(H2,20,26)(H,22,24)(H,23,25). The van der Waals surface area contributed by atoms with Crippen molar-refractivity contribution in [3.63, 3.8) is 0 Å². The number of amides is 3. The van der Waals surface area contributed by atoms with Gasteiger partial charge in [-0.3, -0.25) is 14.4 Å². The first-order valence-corrected chi connectivity index (χ1v) is 8.31. The largest absolute Gasteiger partial charge is 0.376 e. The number of benzene rings is 2. The molecule has 0 aromatic heterocycles. The van der Waals surface area contributed by atoms with Crippen LogP contribution in [0.1, 0.15) is 30.1 Å². The summed E-state index contributed by atoms with van der Waals surface area (Å²) in [5.41, 5.74) is 7.42. The van der Waals surface area contributed by atoms with Gasteiger partial charge in [0.05, 0.1) is 6.54 Å². The second kappa shape index (κ2) is 9.22. The highest BCUT2D eigenvalue weighted by Crippen LogP contribution is 2.15. The van der Waals surface area contributed by atoms with Gasteiger partial charge in [-0.25, -0.2) is 0 Å². The minimum atomic E-state index is -0.554. The topological polar surface area (TPSA) is 113 Å². The highest BCUT2D eigenvalue weighted by molar-refractivity contribution is 5.97. The van der Waals surface area contributed by atoms with Gasteiger partial charge in [0.25, 0.3) is 0 Å². The molecule has 0 bridgehead atoms. The molecule has 0 fully saturated rings. The van der Waals surface area contributed by atoms with Gasteiger partial charge in [0.1, 0.15) is 0 Å². The van der Waals surface area contributed by atoms with E-state index in [4.69, 9.17) is 5.73 Å². The molecule has 3 amide bonds. The molecule has 0 unspecified atom stereocenters. The van der Waals surface area contributed by atoms with Crippen molar-refractivity contribution >= 4 is 34.8 Å².